The second-order valence-electron chi connectivity index (χ2n) is 5.62. The van der Waals surface area contributed by atoms with E-state index >= 15 is 0 Å². The number of halogens is 1. The van der Waals surface area contributed by atoms with Gasteiger partial charge in [-0.1, -0.05) is 42.0 Å². The van der Waals surface area contributed by atoms with Gasteiger partial charge in [-0.2, -0.15) is 0 Å². The third-order valence-corrected chi connectivity index (χ3v) is 4.21. The van der Waals surface area contributed by atoms with Crippen molar-refractivity contribution in [3.05, 3.63) is 76.3 Å². The molecule has 1 heterocycles. The molecule has 6 heteroatoms. The number of aromatic nitrogens is 2. The van der Waals surface area contributed by atoms with Crippen molar-refractivity contribution in [3.8, 4) is 0 Å². The van der Waals surface area contributed by atoms with Gasteiger partial charge in [-0.05, 0) is 52.7 Å². The zero-order valence-corrected chi connectivity index (χ0v) is 15.2. The molecule has 0 unspecified atom stereocenters. The Morgan fingerprint density at radius 2 is 1.76 bits per heavy atom. The van der Waals surface area contributed by atoms with Crippen LogP contribution in [0.3, 0.4) is 0 Å². The standard InChI is InChI=1S/C19H17BrN4O/c1-13-5-4-6-14(11-13)12-19(25)22-18-10-9-17(23-24-18)21-16-8-3-2-7-15(16)20/h2-11H,12H2,1H3,(H,21,23)(H,22,24,25). The molecule has 0 radical (unpaired) electrons. The lowest BCUT2D eigenvalue weighted by molar-refractivity contribution is -0.115. The quantitative estimate of drug-likeness (QED) is 0.667. The van der Waals surface area contributed by atoms with E-state index in [0.717, 1.165) is 21.3 Å². The molecule has 2 aromatic carbocycles. The Hall–Kier alpha value is -2.73. The van der Waals surface area contributed by atoms with Crippen LogP contribution in [-0.4, -0.2) is 16.1 Å². The van der Waals surface area contributed by atoms with Crippen LogP contribution < -0.4 is 10.6 Å². The van der Waals surface area contributed by atoms with Crippen molar-refractivity contribution in [2.45, 2.75) is 13.3 Å². The Kier molecular flexibility index (Phi) is 5.40. The van der Waals surface area contributed by atoms with E-state index in [1.165, 1.54) is 0 Å². The molecule has 0 atom stereocenters. The summed E-state index contributed by atoms with van der Waals surface area (Å²) in [6, 6.07) is 19.1. The van der Waals surface area contributed by atoms with Gasteiger partial charge in [0.1, 0.15) is 0 Å². The minimum atomic E-state index is -0.119. The van der Waals surface area contributed by atoms with Gasteiger partial charge in [0.25, 0.3) is 0 Å². The molecule has 0 bridgehead atoms. The van der Waals surface area contributed by atoms with Crippen LogP contribution in [-0.2, 0) is 11.2 Å². The molecule has 0 saturated heterocycles. The summed E-state index contributed by atoms with van der Waals surface area (Å²) in [5.41, 5.74) is 3.00. The van der Waals surface area contributed by atoms with E-state index in [4.69, 9.17) is 0 Å². The number of hydrogen-bond acceptors (Lipinski definition) is 4. The number of para-hydroxylation sites is 1. The molecule has 0 aliphatic rings. The minimum Gasteiger partial charge on any atom is -0.338 e. The fourth-order valence-electron chi connectivity index (χ4n) is 2.36. The van der Waals surface area contributed by atoms with E-state index in [9.17, 15) is 4.79 Å². The number of rotatable bonds is 5. The number of benzene rings is 2. The molecule has 0 aliphatic heterocycles. The molecular formula is C19H17BrN4O. The average Bonchev–Trinajstić information content (AvgIpc) is 2.58. The molecule has 1 aromatic heterocycles. The zero-order chi connectivity index (χ0) is 17.6. The maximum Gasteiger partial charge on any atom is 0.229 e. The van der Waals surface area contributed by atoms with Crippen molar-refractivity contribution in [3.63, 3.8) is 0 Å². The number of anilines is 3. The molecule has 5 nitrogen and oxygen atoms in total. The van der Waals surface area contributed by atoms with Gasteiger partial charge in [-0.15, -0.1) is 10.2 Å². The van der Waals surface area contributed by atoms with Crippen LogP contribution in [0.5, 0.6) is 0 Å². The number of nitrogens with zero attached hydrogens (tertiary/aromatic N) is 2. The summed E-state index contributed by atoms with van der Waals surface area (Å²) >= 11 is 3.47. The number of aryl methyl sites for hydroxylation is 1. The summed E-state index contributed by atoms with van der Waals surface area (Å²) < 4.78 is 0.937. The molecule has 0 aliphatic carbocycles. The normalized spacial score (nSPS) is 10.3. The third kappa shape index (κ3) is 4.87. The van der Waals surface area contributed by atoms with Crippen LogP contribution in [0.1, 0.15) is 11.1 Å². The maximum atomic E-state index is 12.1. The molecule has 0 spiro atoms. The number of amides is 1. The number of carbonyl (C=O) groups is 1. The first kappa shape index (κ1) is 17.1. The first-order valence-corrected chi connectivity index (χ1v) is 8.60. The first-order valence-electron chi connectivity index (χ1n) is 7.81. The molecular weight excluding hydrogens is 380 g/mol. The average molecular weight is 397 g/mol. The lowest BCUT2D eigenvalue weighted by atomic mass is 10.1. The van der Waals surface area contributed by atoms with Crippen LogP contribution in [0, 0.1) is 6.92 Å². The van der Waals surface area contributed by atoms with Crippen LogP contribution in [0.15, 0.2) is 65.1 Å². The predicted molar refractivity (Wildman–Crippen MR) is 103 cm³/mol. The number of carbonyl (C=O) groups excluding carboxylic acids is 1. The highest BCUT2D eigenvalue weighted by molar-refractivity contribution is 9.10. The number of nitrogens with one attached hydrogen (secondary N) is 2. The van der Waals surface area contributed by atoms with Crippen molar-refractivity contribution < 1.29 is 4.79 Å². The van der Waals surface area contributed by atoms with Crippen molar-refractivity contribution in [2.75, 3.05) is 10.6 Å². The van der Waals surface area contributed by atoms with Gasteiger partial charge in [0.05, 0.1) is 12.1 Å². The first-order chi connectivity index (χ1) is 12.1. The molecule has 2 N–H and O–H groups in total. The van der Waals surface area contributed by atoms with E-state index in [0.29, 0.717) is 18.1 Å². The van der Waals surface area contributed by atoms with E-state index in [1.807, 2.05) is 55.5 Å². The lowest BCUT2D eigenvalue weighted by Crippen LogP contribution is -2.15. The van der Waals surface area contributed by atoms with Crippen molar-refractivity contribution in [2.24, 2.45) is 0 Å². The molecule has 0 saturated carbocycles. The Morgan fingerprint density at radius 1 is 1.00 bits per heavy atom. The van der Waals surface area contributed by atoms with E-state index in [2.05, 4.69) is 36.8 Å². The van der Waals surface area contributed by atoms with E-state index < -0.39 is 0 Å². The Balaban J connectivity index is 1.60. The molecule has 0 fully saturated rings. The predicted octanol–water partition coefficient (Wildman–Crippen LogP) is 4.47. The van der Waals surface area contributed by atoms with Crippen LogP contribution in [0.2, 0.25) is 0 Å². The Bertz CT molecular complexity index is 881. The summed E-state index contributed by atoms with van der Waals surface area (Å²) in [4.78, 5) is 12.1. The lowest BCUT2D eigenvalue weighted by Gasteiger charge is -2.08. The van der Waals surface area contributed by atoms with Crippen LogP contribution in [0.25, 0.3) is 0 Å². The van der Waals surface area contributed by atoms with Crippen molar-refractivity contribution in [1.82, 2.24) is 10.2 Å². The highest BCUT2D eigenvalue weighted by Crippen LogP contribution is 2.24. The van der Waals surface area contributed by atoms with Crippen molar-refractivity contribution >= 4 is 39.2 Å². The molecule has 1 amide bonds. The van der Waals surface area contributed by atoms with Gasteiger partial charge in [0.2, 0.25) is 5.91 Å². The third-order valence-electron chi connectivity index (χ3n) is 3.52. The largest absolute Gasteiger partial charge is 0.338 e. The van der Waals surface area contributed by atoms with Gasteiger partial charge in [0, 0.05) is 4.47 Å². The fourth-order valence-corrected chi connectivity index (χ4v) is 2.74. The van der Waals surface area contributed by atoms with Gasteiger partial charge in [-0.3, -0.25) is 4.79 Å². The number of hydrogen-bond donors (Lipinski definition) is 2. The van der Waals surface area contributed by atoms with Gasteiger partial charge >= 0.3 is 0 Å². The van der Waals surface area contributed by atoms with Crippen LogP contribution >= 0.6 is 15.9 Å². The summed E-state index contributed by atoms with van der Waals surface area (Å²) in [5.74, 6) is 0.908. The summed E-state index contributed by atoms with van der Waals surface area (Å²) in [5, 5.41) is 14.1. The van der Waals surface area contributed by atoms with E-state index in [-0.39, 0.29) is 5.91 Å². The second kappa shape index (κ2) is 7.90. The van der Waals surface area contributed by atoms with E-state index in [1.54, 1.807) is 12.1 Å². The Labute approximate surface area is 154 Å². The van der Waals surface area contributed by atoms with Gasteiger partial charge in [-0.25, -0.2) is 0 Å². The van der Waals surface area contributed by atoms with Crippen LogP contribution in [0.4, 0.5) is 17.3 Å². The topological polar surface area (TPSA) is 66.9 Å². The summed E-state index contributed by atoms with van der Waals surface area (Å²) in [6.45, 7) is 2.00. The molecule has 126 valence electrons. The molecule has 25 heavy (non-hydrogen) atoms. The van der Waals surface area contributed by atoms with Gasteiger partial charge in [0.15, 0.2) is 11.6 Å². The Morgan fingerprint density at radius 3 is 2.48 bits per heavy atom. The molecule has 3 aromatic rings. The second-order valence-corrected chi connectivity index (χ2v) is 6.48. The fraction of sp³-hybridized carbons (Fsp3) is 0.105. The monoisotopic (exact) mass is 396 g/mol. The summed E-state index contributed by atoms with van der Waals surface area (Å²) in [6.07, 6.45) is 0.306. The minimum absolute atomic E-state index is 0.119. The zero-order valence-electron chi connectivity index (χ0n) is 13.7. The van der Waals surface area contributed by atoms with Crippen molar-refractivity contribution in [1.29, 1.82) is 0 Å². The SMILES string of the molecule is Cc1cccc(CC(=O)Nc2ccc(Nc3ccccc3Br)nn2)c1. The highest BCUT2D eigenvalue weighted by Gasteiger charge is 2.06. The van der Waals surface area contributed by atoms with Gasteiger partial charge < -0.3 is 10.6 Å². The highest BCUT2D eigenvalue weighted by atomic mass is 79.9. The maximum absolute atomic E-state index is 12.1. The smallest absolute Gasteiger partial charge is 0.229 e. The summed E-state index contributed by atoms with van der Waals surface area (Å²) in [7, 11) is 0. The molecule has 3 rings (SSSR count).